The molecule has 86 valence electrons. The standard InChI is InChI=1S/C11H14ClN3O/c1-7-8(12)5-4-6-9(7)14-10(13)11(16)15(2)3/h4-6H,1-3H3,(H2,13,14). The van der Waals surface area contributed by atoms with Crippen molar-refractivity contribution >= 4 is 29.0 Å². The highest BCUT2D eigenvalue weighted by molar-refractivity contribution is 6.37. The lowest BCUT2D eigenvalue weighted by Crippen LogP contribution is -2.35. The molecule has 4 nitrogen and oxygen atoms in total. The Labute approximate surface area is 99.7 Å². The van der Waals surface area contributed by atoms with E-state index in [9.17, 15) is 4.79 Å². The van der Waals surface area contributed by atoms with Gasteiger partial charge in [0.15, 0.2) is 5.84 Å². The predicted octanol–water partition coefficient (Wildman–Crippen LogP) is 1.73. The molecule has 0 aliphatic carbocycles. The summed E-state index contributed by atoms with van der Waals surface area (Å²) in [6, 6.07) is 5.29. The van der Waals surface area contributed by atoms with Crippen LogP contribution in [0.15, 0.2) is 23.2 Å². The molecule has 1 aromatic rings. The van der Waals surface area contributed by atoms with Crippen molar-refractivity contribution in [3.05, 3.63) is 28.8 Å². The van der Waals surface area contributed by atoms with Gasteiger partial charge in [-0.3, -0.25) is 4.79 Å². The van der Waals surface area contributed by atoms with Gasteiger partial charge in [0.1, 0.15) is 0 Å². The average Bonchev–Trinajstić information content (AvgIpc) is 2.23. The number of benzene rings is 1. The molecule has 0 fully saturated rings. The second kappa shape index (κ2) is 4.99. The van der Waals surface area contributed by atoms with Crippen molar-refractivity contribution in [2.24, 2.45) is 10.7 Å². The number of rotatable bonds is 1. The Morgan fingerprint density at radius 1 is 1.44 bits per heavy atom. The third kappa shape index (κ3) is 2.73. The minimum atomic E-state index is -0.320. The second-order valence-electron chi connectivity index (χ2n) is 3.58. The van der Waals surface area contributed by atoms with E-state index in [4.69, 9.17) is 17.3 Å². The zero-order valence-corrected chi connectivity index (χ0v) is 10.2. The summed E-state index contributed by atoms with van der Waals surface area (Å²) in [5.74, 6) is -0.366. The molecule has 0 bridgehead atoms. The van der Waals surface area contributed by atoms with E-state index < -0.39 is 0 Å². The molecular weight excluding hydrogens is 226 g/mol. The van der Waals surface area contributed by atoms with E-state index in [1.165, 1.54) is 4.90 Å². The summed E-state index contributed by atoms with van der Waals surface area (Å²) in [4.78, 5) is 16.9. The molecule has 0 saturated carbocycles. The van der Waals surface area contributed by atoms with Gasteiger partial charge in [-0.1, -0.05) is 17.7 Å². The lowest BCUT2D eigenvalue weighted by Gasteiger charge is -2.09. The Bertz CT molecular complexity index is 441. The number of nitrogens with zero attached hydrogens (tertiary/aromatic N) is 2. The van der Waals surface area contributed by atoms with Crippen LogP contribution in [0.2, 0.25) is 5.02 Å². The molecule has 0 atom stereocenters. The molecule has 0 unspecified atom stereocenters. The lowest BCUT2D eigenvalue weighted by molar-refractivity contribution is -0.121. The highest BCUT2D eigenvalue weighted by atomic mass is 35.5. The van der Waals surface area contributed by atoms with Crippen LogP contribution in [0.5, 0.6) is 0 Å². The topological polar surface area (TPSA) is 58.7 Å². The smallest absolute Gasteiger partial charge is 0.288 e. The Kier molecular flexibility index (Phi) is 3.90. The molecule has 0 saturated heterocycles. The number of amides is 1. The number of aliphatic imine (C=N–C) groups is 1. The molecule has 0 aliphatic rings. The molecule has 0 radical (unpaired) electrons. The van der Waals surface area contributed by atoms with Gasteiger partial charge in [0.25, 0.3) is 5.91 Å². The molecule has 0 aliphatic heterocycles. The van der Waals surface area contributed by atoms with Crippen LogP contribution in [0.3, 0.4) is 0 Å². The first-order chi connectivity index (χ1) is 7.43. The van der Waals surface area contributed by atoms with Crippen molar-refractivity contribution < 1.29 is 4.79 Å². The molecule has 0 heterocycles. The summed E-state index contributed by atoms with van der Waals surface area (Å²) >= 11 is 5.93. The summed E-state index contributed by atoms with van der Waals surface area (Å²) in [6.45, 7) is 1.83. The van der Waals surface area contributed by atoms with Crippen LogP contribution in [-0.2, 0) is 4.79 Å². The number of amidine groups is 1. The number of halogens is 1. The Balaban J connectivity index is 3.08. The molecule has 2 N–H and O–H groups in total. The van der Waals surface area contributed by atoms with Crippen LogP contribution in [0.4, 0.5) is 5.69 Å². The molecular formula is C11H14ClN3O. The van der Waals surface area contributed by atoms with E-state index in [0.29, 0.717) is 10.7 Å². The quantitative estimate of drug-likeness (QED) is 0.599. The molecule has 0 aromatic heterocycles. The number of hydrogen-bond acceptors (Lipinski definition) is 2. The molecule has 1 rings (SSSR count). The Morgan fingerprint density at radius 2 is 2.06 bits per heavy atom. The van der Waals surface area contributed by atoms with Gasteiger partial charge < -0.3 is 10.6 Å². The van der Waals surface area contributed by atoms with Crippen molar-refractivity contribution in [2.45, 2.75) is 6.92 Å². The fourth-order valence-corrected chi connectivity index (χ4v) is 1.29. The number of carbonyl (C=O) groups is 1. The Morgan fingerprint density at radius 3 is 2.62 bits per heavy atom. The van der Waals surface area contributed by atoms with Crippen LogP contribution in [0.1, 0.15) is 5.56 Å². The van der Waals surface area contributed by atoms with Gasteiger partial charge in [-0.15, -0.1) is 0 Å². The predicted molar refractivity (Wildman–Crippen MR) is 66.2 cm³/mol. The third-order valence-corrected chi connectivity index (χ3v) is 2.51. The normalized spacial score (nSPS) is 11.4. The number of hydrogen-bond donors (Lipinski definition) is 1. The largest absolute Gasteiger partial charge is 0.379 e. The fourth-order valence-electron chi connectivity index (χ4n) is 1.12. The van der Waals surface area contributed by atoms with Gasteiger partial charge in [0, 0.05) is 19.1 Å². The van der Waals surface area contributed by atoms with Crippen LogP contribution >= 0.6 is 11.6 Å². The van der Waals surface area contributed by atoms with Gasteiger partial charge in [-0.05, 0) is 24.6 Å². The molecule has 1 aromatic carbocycles. The summed E-state index contributed by atoms with van der Waals surface area (Å²) in [5.41, 5.74) is 7.00. The van der Waals surface area contributed by atoms with Crippen molar-refractivity contribution in [1.29, 1.82) is 0 Å². The molecule has 5 heteroatoms. The number of carbonyl (C=O) groups excluding carboxylic acids is 1. The van der Waals surface area contributed by atoms with Gasteiger partial charge in [-0.2, -0.15) is 0 Å². The maximum absolute atomic E-state index is 11.5. The lowest BCUT2D eigenvalue weighted by atomic mass is 10.2. The number of likely N-dealkylation sites (N-methyl/N-ethyl adjacent to an activating group) is 1. The van der Waals surface area contributed by atoms with Crippen molar-refractivity contribution in [3.63, 3.8) is 0 Å². The van der Waals surface area contributed by atoms with Gasteiger partial charge >= 0.3 is 0 Å². The van der Waals surface area contributed by atoms with E-state index >= 15 is 0 Å². The summed E-state index contributed by atoms with van der Waals surface area (Å²) in [5, 5.41) is 0.603. The van der Waals surface area contributed by atoms with E-state index in [1.807, 2.05) is 6.92 Å². The first-order valence-corrected chi connectivity index (χ1v) is 5.12. The SMILES string of the molecule is Cc1c(Cl)cccc1N=C(N)C(=O)N(C)C. The first kappa shape index (κ1) is 12.5. The van der Waals surface area contributed by atoms with E-state index in [2.05, 4.69) is 4.99 Å². The Hall–Kier alpha value is -1.55. The average molecular weight is 240 g/mol. The minimum absolute atomic E-state index is 0.0460. The first-order valence-electron chi connectivity index (χ1n) is 4.74. The zero-order chi connectivity index (χ0) is 12.3. The third-order valence-electron chi connectivity index (χ3n) is 2.11. The number of nitrogens with two attached hydrogens (primary N) is 1. The second-order valence-corrected chi connectivity index (χ2v) is 3.99. The van der Waals surface area contributed by atoms with Gasteiger partial charge in [-0.25, -0.2) is 4.99 Å². The van der Waals surface area contributed by atoms with Crippen LogP contribution in [-0.4, -0.2) is 30.7 Å². The van der Waals surface area contributed by atoms with Crippen LogP contribution in [0, 0.1) is 6.92 Å². The minimum Gasteiger partial charge on any atom is -0.379 e. The van der Waals surface area contributed by atoms with Crippen molar-refractivity contribution in [2.75, 3.05) is 14.1 Å². The van der Waals surface area contributed by atoms with Crippen LogP contribution in [0.25, 0.3) is 0 Å². The van der Waals surface area contributed by atoms with Gasteiger partial charge in [0.2, 0.25) is 0 Å². The van der Waals surface area contributed by atoms with E-state index in [1.54, 1.807) is 32.3 Å². The van der Waals surface area contributed by atoms with Gasteiger partial charge in [0.05, 0.1) is 5.69 Å². The monoisotopic (exact) mass is 239 g/mol. The van der Waals surface area contributed by atoms with Crippen molar-refractivity contribution in [3.8, 4) is 0 Å². The maximum atomic E-state index is 11.5. The summed E-state index contributed by atoms with van der Waals surface area (Å²) < 4.78 is 0. The van der Waals surface area contributed by atoms with E-state index in [-0.39, 0.29) is 11.7 Å². The van der Waals surface area contributed by atoms with Crippen molar-refractivity contribution in [1.82, 2.24) is 4.90 Å². The van der Waals surface area contributed by atoms with Crippen LogP contribution < -0.4 is 5.73 Å². The zero-order valence-electron chi connectivity index (χ0n) is 9.49. The fraction of sp³-hybridized carbons (Fsp3) is 0.273. The molecule has 1 amide bonds. The summed E-state index contributed by atoms with van der Waals surface area (Å²) in [7, 11) is 3.24. The summed E-state index contributed by atoms with van der Waals surface area (Å²) in [6.07, 6.45) is 0. The highest BCUT2D eigenvalue weighted by Gasteiger charge is 2.10. The maximum Gasteiger partial charge on any atom is 0.288 e. The molecule has 16 heavy (non-hydrogen) atoms. The highest BCUT2D eigenvalue weighted by Crippen LogP contribution is 2.25. The van der Waals surface area contributed by atoms with E-state index in [0.717, 1.165) is 5.56 Å². The molecule has 0 spiro atoms.